The quantitative estimate of drug-likeness (QED) is 0.357. The van der Waals surface area contributed by atoms with Gasteiger partial charge in [0.2, 0.25) is 11.8 Å². The molecule has 5 heteroatoms. The first kappa shape index (κ1) is 16.9. The summed E-state index contributed by atoms with van der Waals surface area (Å²) in [5.41, 5.74) is 1.81. The van der Waals surface area contributed by atoms with E-state index in [9.17, 15) is 14.4 Å². The Morgan fingerprint density at radius 3 is 2.25 bits per heavy atom. The first-order valence-corrected chi connectivity index (χ1v) is 9.48. The molecule has 2 aromatic rings. The van der Waals surface area contributed by atoms with Gasteiger partial charge in [-0.1, -0.05) is 35.9 Å². The largest absolute Gasteiger partial charge is 0.423 e. The second kappa shape index (κ2) is 6.16. The number of imide groups is 1. The fraction of sp³-hybridized carbons (Fsp3) is 0.261. The monoisotopic (exact) mass is 373 g/mol. The molecular formula is C23H19NO4. The van der Waals surface area contributed by atoms with Crippen LogP contribution in [0, 0.1) is 30.6 Å². The highest BCUT2D eigenvalue weighted by Crippen LogP contribution is 2.53. The van der Waals surface area contributed by atoms with Crippen LogP contribution in [0.25, 0.3) is 0 Å². The van der Waals surface area contributed by atoms with Gasteiger partial charge in [0.25, 0.3) is 0 Å². The molecule has 5 rings (SSSR count). The first-order valence-electron chi connectivity index (χ1n) is 9.48. The van der Waals surface area contributed by atoms with Gasteiger partial charge in [-0.2, -0.15) is 0 Å². The van der Waals surface area contributed by atoms with Crippen molar-refractivity contribution in [3.8, 4) is 5.75 Å². The number of fused-ring (bicyclic) bond motifs is 5. The van der Waals surface area contributed by atoms with Gasteiger partial charge in [-0.15, -0.1) is 0 Å². The van der Waals surface area contributed by atoms with E-state index in [-0.39, 0.29) is 35.5 Å². The SMILES string of the molecule is Cc1ccc(OC(=O)c2cccc(N3C(=O)[C@H]4[C@H](C3=O)[C@H]3C=C[C@H]4C3)c2)cc1. The lowest BCUT2D eigenvalue weighted by molar-refractivity contribution is -0.123. The fourth-order valence-electron chi connectivity index (χ4n) is 4.70. The number of esters is 1. The fourth-order valence-corrected chi connectivity index (χ4v) is 4.70. The third-order valence-corrected chi connectivity index (χ3v) is 6.04. The van der Waals surface area contributed by atoms with Gasteiger partial charge in [-0.05, 0) is 55.5 Å². The zero-order chi connectivity index (χ0) is 19.4. The number of ether oxygens (including phenoxy) is 1. The Labute approximate surface area is 162 Å². The molecule has 0 spiro atoms. The third-order valence-electron chi connectivity index (χ3n) is 6.04. The molecule has 2 aromatic carbocycles. The molecule has 4 atom stereocenters. The molecule has 140 valence electrons. The van der Waals surface area contributed by atoms with Crippen molar-refractivity contribution in [2.45, 2.75) is 13.3 Å². The summed E-state index contributed by atoms with van der Waals surface area (Å²) < 4.78 is 5.41. The van der Waals surface area contributed by atoms with Gasteiger partial charge in [0.1, 0.15) is 5.75 Å². The number of hydrogen-bond acceptors (Lipinski definition) is 4. The Balaban J connectivity index is 1.40. The molecule has 5 nitrogen and oxygen atoms in total. The number of benzene rings is 2. The van der Waals surface area contributed by atoms with Crippen molar-refractivity contribution in [3.63, 3.8) is 0 Å². The van der Waals surface area contributed by atoms with Crippen molar-refractivity contribution in [1.82, 2.24) is 0 Å². The van der Waals surface area contributed by atoms with Crippen molar-refractivity contribution in [2.24, 2.45) is 23.7 Å². The van der Waals surface area contributed by atoms with Crippen LogP contribution >= 0.6 is 0 Å². The van der Waals surface area contributed by atoms with Gasteiger partial charge in [0.05, 0.1) is 23.1 Å². The van der Waals surface area contributed by atoms with Gasteiger partial charge >= 0.3 is 5.97 Å². The van der Waals surface area contributed by atoms with E-state index in [1.807, 2.05) is 19.1 Å². The van der Waals surface area contributed by atoms with Crippen LogP contribution in [-0.4, -0.2) is 17.8 Å². The number of carbonyl (C=O) groups excluding carboxylic acids is 3. The van der Waals surface area contributed by atoms with Crippen LogP contribution in [0.15, 0.2) is 60.7 Å². The standard InChI is InChI=1S/C23H19NO4/c1-13-5-9-18(10-6-13)28-23(27)16-3-2-4-17(12-16)24-21(25)19-14-7-8-15(11-14)20(19)22(24)26/h2-10,12,14-15,19-20H,11H2,1H3/t14-,15-,19+,20+/m0/s1. The maximum atomic E-state index is 12.9. The Hall–Kier alpha value is -3.21. The van der Waals surface area contributed by atoms with Crippen molar-refractivity contribution in [1.29, 1.82) is 0 Å². The zero-order valence-electron chi connectivity index (χ0n) is 15.4. The minimum Gasteiger partial charge on any atom is -0.423 e. The van der Waals surface area contributed by atoms with E-state index < -0.39 is 5.97 Å². The molecule has 0 N–H and O–H groups in total. The van der Waals surface area contributed by atoms with E-state index >= 15 is 0 Å². The van der Waals surface area contributed by atoms with E-state index in [0.717, 1.165) is 12.0 Å². The Morgan fingerprint density at radius 2 is 1.61 bits per heavy atom. The predicted octanol–water partition coefficient (Wildman–Crippen LogP) is 3.53. The molecule has 0 aromatic heterocycles. The molecule has 1 saturated heterocycles. The number of carbonyl (C=O) groups is 3. The second-order valence-corrected chi connectivity index (χ2v) is 7.76. The minimum absolute atomic E-state index is 0.157. The van der Waals surface area contributed by atoms with Crippen LogP contribution in [0.4, 0.5) is 5.69 Å². The molecule has 2 amide bonds. The first-order chi connectivity index (χ1) is 13.5. The lowest BCUT2D eigenvalue weighted by Crippen LogP contribution is -2.33. The van der Waals surface area contributed by atoms with Crippen LogP contribution < -0.4 is 9.64 Å². The lowest BCUT2D eigenvalue weighted by Gasteiger charge is -2.18. The maximum Gasteiger partial charge on any atom is 0.343 e. The normalized spacial score (nSPS) is 27.4. The molecule has 1 saturated carbocycles. The summed E-state index contributed by atoms with van der Waals surface area (Å²) in [4.78, 5) is 39.7. The van der Waals surface area contributed by atoms with E-state index in [0.29, 0.717) is 17.0 Å². The van der Waals surface area contributed by atoms with Crippen LogP contribution in [0.3, 0.4) is 0 Å². The topological polar surface area (TPSA) is 63.7 Å². The summed E-state index contributed by atoms with van der Waals surface area (Å²) in [5, 5.41) is 0. The van der Waals surface area contributed by atoms with Crippen molar-refractivity contribution < 1.29 is 19.1 Å². The number of rotatable bonds is 3. The molecule has 0 radical (unpaired) electrons. The van der Waals surface area contributed by atoms with Crippen molar-refractivity contribution in [2.75, 3.05) is 4.90 Å². The number of nitrogens with zero attached hydrogens (tertiary/aromatic N) is 1. The Kier molecular flexibility index (Phi) is 3.72. The highest BCUT2D eigenvalue weighted by atomic mass is 16.5. The van der Waals surface area contributed by atoms with Gasteiger partial charge < -0.3 is 4.74 Å². The van der Waals surface area contributed by atoms with Gasteiger partial charge in [0, 0.05) is 0 Å². The van der Waals surface area contributed by atoms with E-state index in [1.165, 1.54) is 4.90 Å². The summed E-state index contributed by atoms with van der Waals surface area (Å²) in [6.07, 6.45) is 5.02. The molecule has 0 unspecified atom stereocenters. The average molecular weight is 373 g/mol. The van der Waals surface area contributed by atoms with Crippen LogP contribution in [0.2, 0.25) is 0 Å². The van der Waals surface area contributed by atoms with Gasteiger partial charge in [0.15, 0.2) is 0 Å². The van der Waals surface area contributed by atoms with E-state index in [2.05, 4.69) is 12.2 Å². The van der Waals surface area contributed by atoms with E-state index in [1.54, 1.807) is 36.4 Å². The molecule has 1 aliphatic heterocycles. The Morgan fingerprint density at radius 1 is 0.964 bits per heavy atom. The maximum absolute atomic E-state index is 12.9. The van der Waals surface area contributed by atoms with E-state index in [4.69, 9.17) is 4.74 Å². The molecule has 1 heterocycles. The molecule has 2 fully saturated rings. The van der Waals surface area contributed by atoms with Crippen molar-refractivity contribution >= 4 is 23.5 Å². The average Bonchev–Trinajstić information content (AvgIpc) is 3.37. The number of allylic oxidation sites excluding steroid dienone is 2. The molecule has 3 aliphatic rings. The van der Waals surface area contributed by atoms with Gasteiger partial charge in [-0.3, -0.25) is 9.59 Å². The Bertz CT molecular complexity index is 993. The predicted molar refractivity (Wildman–Crippen MR) is 103 cm³/mol. The van der Waals surface area contributed by atoms with Crippen LogP contribution in [-0.2, 0) is 9.59 Å². The second-order valence-electron chi connectivity index (χ2n) is 7.76. The molecule has 2 aliphatic carbocycles. The number of anilines is 1. The summed E-state index contributed by atoms with van der Waals surface area (Å²) >= 11 is 0. The number of aryl methyl sites for hydroxylation is 1. The molecular weight excluding hydrogens is 354 g/mol. The lowest BCUT2D eigenvalue weighted by atomic mass is 9.85. The molecule has 28 heavy (non-hydrogen) atoms. The number of hydrogen-bond donors (Lipinski definition) is 0. The summed E-state index contributed by atoms with van der Waals surface area (Å²) in [6, 6.07) is 13.7. The zero-order valence-corrected chi connectivity index (χ0v) is 15.4. The third kappa shape index (κ3) is 2.50. The van der Waals surface area contributed by atoms with Crippen LogP contribution in [0.1, 0.15) is 22.3 Å². The number of amides is 2. The van der Waals surface area contributed by atoms with Crippen molar-refractivity contribution in [3.05, 3.63) is 71.8 Å². The smallest absolute Gasteiger partial charge is 0.343 e. The summed E-state index contributed by atoms with van der Waals surface area (Å²) in [5.74, 6) is -0.585. The minimum atomic E-state index is -0.522. The summed E-state index contributed by atoms with van der Waals surface area (Å²) in [7, 11) is 0. The summed E-state index contributed by atoms with van der Waals surface area (Å²) in [6.45, 7) is 1.95. The highest BCUT2D eigenvalue weighted by Gasteiger charge is 2.59. The van der Waals surface area contributed by atoms with Gasteiger partial charge in [-0.25, -0.2) is 9.69 Å². The highest BCUT2D eigenvalue weighted by molar-refractivity contribution is 6.23. The molecule has 2 bridgehead atoms. The van der Waals surface area contributed by atoms with Crippen LogP contribution in [0.5, 0.6) is 5.75 Å².